The van der Waals surface area contributed by atoms with E-state index in [1.54, 1.807) is 36.4 Å². The van der Waals surface area contributed by atoms with Gasteiger partial charge in [-0.15, -0.1) is 0 Å². The average Bonchev–Trinajstić information content (AvgIpc) is 2.76. The van der Waals surface area contributed by atoms with Crippen molar-refractivity contribution in [3.8, 4) is 0 Å². The summed E-state index contributed by atoms with van der Waals surface area (Å²) < 4.78 is 12.9. The van der Waals surface area contributed by atoms with Crippen LogP contribution in [0.4, 0.5) is 15.8 Å². The fourth-order valence-corrected chi connectivity index (χ4v) is 2.45. The second-order valence-electron chi connectivity index (χ2n) is 6.07. The van der Waals surface area contributed by atoms with Crippen LogP contribution in [0, 0.1) is 5.82 Å². The lowest BCUT2D eigenvalue weighted by Crippen LogP contribution is -2.33. The molecule has 30 heavy (non-hydrogen) atoms. The van der Waals surface area contributed by atoms with Gasteiger partial charge in [0.1, 0.15) is 5.82 Å². The summed E-state index contributed by atoms with van der Waals surface area (Å²) in [5, 5.41) is 8.77. The van der Waals surface area contributed by atoms with E-state index in [9.17, 15) is 18.8 Å². The molecule has 0 saturated heterocycles. The van der Waals surface area contributed by atoms with E-state index < -0.39 is 23.5 Å². The van der Waals surface area contributed by atoms with Gasteiger partial charge in [-0.25, -0.2) is 9.82 Å². The van der Waals surface area contributed by atoms with Crippen molar-refractivity contribution in [3.05, 3.63) is 95.8 Å². The number of amides is 3. The molecule has 0 aromatic heterocycles. The molecule has 0 aliphatic rings. The minimum absolute atomic E-state index is 0.175. The second-order valence-corrected chi connectivity index (χ2v) is 6.07. The number of anilines is 2. The molecule has 3 aromatic carbocycles. The monoisotopic (exact) mass is 404 g/mol. The number of hydrogen-bond donors (Lipinski definition) is 3. The van der Waals surface area contributed by atoms with Gasteiger partial charge in [-0.1, -0.05) is 42.5 Å². The average molecular weight is 404 g/mol. The highest BCUT2D eigenvalue weighted by molar-refractivity contribution is 6.40. The number of rotatable bonds is 5. The van der Waals surface area contributed by atoms with Crippen LogP contribution in [-0.2, 0) is 9.59 Å². The van der Waals surface area contributed by atoms with Gasteiger partial charge in [-0.3, -0.25) is 14.4 Å². The van der Waals surface area contributed by atoms with E-state index in [1.165, 1.54) is 42.6 Å². The zero-order chi connectivity index (χ0) is 21.3. The number of carbonyl (C=O) groups is 3. The molecule has 0 unspecified atom stereocenters. The summed E-state index contributed by atoms with van der Waals surface area (Å²) in [6.07, 6.45) is 1.27. The first-order chi connectivity index (χ1) is 14.5. The third-order valence-corrected chi connectivity index (χ3v) is 3.91. The van der Waals surface area contributed by atoms with Crippen molar-refractivity contribution in [1.82, 2.24) is 5.43 Å². The SMILES string of the molecule is O=C(N/N=C\c1ccc(F)cc1)C(=O)Nc1ccccc1C(=O)Nc1ccccc1. The molecule has 0 aliphatic heterocycles. The van der Waals surface area contributed by atoms with Crippen LogP contribution in [0.1, 0.15) is 15.9 Å². The van der Waals surface area contributed by atoms with Gasteiger partial charge < -0.3 is 10.6 Å². The maximum atomic E-state index is 12.9. The van der Waals surface area contributed by atoms with Crippen molar-refractivity contribution in [2.24, 2.45) is 5.10 Å². The van der Waals surface area contributed by atoms with Crippen LogP contribution in [0.2, 0.25) is 0 Å². The number of hydrogen-bond acceptors (Lipinski definition) is 4. The standard InChI is InChI=1S/C22H17FN4O3/c23-16-12-10-15(11-13-16)14-24-27-22(30)21(29)26-19-9-5-4-8-18(19)20(28)25-17-6-2-1-3-7-17/h1-14H,(H,25,28)(H,26,29)(H,27,30)/b24-14-. The quantitative estimate of drug-likeness (QED) is 0.346. The van der Waals surface area contributed by atoms with E-state index in [1.807, 2.05) is 6.07 Å². The van der Waals surface area contributed by atoms with Crippen molar-refractivity contribution in [1.29, 1.82) is 0 Å². The number of carbonyl (C=O) groups excluding carboxylic acids is 3. The summed E-state index contributed by atoms with van der Waals surface area (Å²) in [7, 11) is 0. The van der Waals surface area contributed by atoms with E-state index in [-0.39, 0.29) is 11.3 Å². The Morgan fingerprint density at radius 2 is 1.43 bits per heavy atom. The minimum atomic E-state index is -1.02. The molecule has 0 radical (unpaired) electrons. The normalized spacial score (nSPS) is 10.4. The first-order valence-electron chi connectivity index (χ1n) is 8.88. The van der Waals surface area contributed by atoms with Gasteiger partial charge in [0.15, 0.2) is 0 Å². The predicted molar refractivity (Wildman–Crippen MR) is 112 cm³/mol. The molecule has 0 saturated carbocycles. The Morgan fingerprint density at radius 3 is 2.17 bits per heavy atom. The molecular weight excluding hydrogens is 387 g/mol. The summed E-state index contributed by atoms with van der Waals surface area (Å²) in [6.45, 7) is 0. The zero-order valence-corrected chi connectivity index (χ0v) is 15.6. The Balaban J connectivity index is 1.62. The van der Waals surface area contributed by atoms with Crippen molar-refractivity contribution >= 4 is 35.3 Å². The van der Waals surface area contributed by atoms with Gasteiger partial charge >= 0.3 is 11.8 Å². The van der Waals surface area contributed by atoms with Crippen LogP contribution in [-0.4, -0.2) is 23.9 Å². The van der Waals surface area contributed by atoms with Gasteiger partial charge in [-0.05, 0) is 42.0 Å². The number of nitrogens with one attached hydrogen (secondary N) is 3. The summed E-state index contributed by atoms with van der Waals surface area (Å²) >= 11 is 0. The lowest BCUT2D eigenvalue weighted by molar-refractivity contribution is -0.136. The summed E-state index contributed by atoms with van der Waals surface area (Å²) in [6, 6.07) is 20.5. The smallest absolute Gasteiger partial charge is 0.322 e. The zero-order valence-electron chi connectivity index (χ0n) is 15.6. The van der Waals surface area contributed by atoms with E-state index in [2.05, 4.69) is 21.2 Å². The Morgan fingerprint density at radius 1 is 0.767 bits per heavy atom. The molecule has 0 aliphatic carbocycles. The number of nitrogens with zero attached hydrogens (tertiary/aromatic N) is 1. The molecule has 150 valence electrons. The summed E-state index contributed by atoms with van der Waals surface area (Å²) in [5.41, 5.74) is 3.58. The largest absolute Gasteiger partial charge is 0.329 e. The number of halogens is 1. The fourth-order valence-electron chi connectivity index (χ4n) is 2.45. The predicted octanol–water partition coefficient (Wildman–Crippen LogP) is 3.17. The second kappa shape index (κ2) is 9.74. The molecule has 3 rings (SSSR count). The van der Waals surface area contributed by atoms with E-state index in [0.29, 0.717) is 11.3 Å². The fraction of sp³-hybridized carbons (Fsp3) is 0. The molecule has 0 bridgehead atoms. The highest BCUT2D eigenvalue weighted by atomic mass is 19.1. The van der Waals surface area contributed by atoms with E-state index in [4.69, 9.17) is 0 Å². The molecule has 8 heteroatoms. The molecular formula is C22H17FN4O3. The minimum Gasteiger partial charge on any atom is -0.322 e. The van der Waals surface area contributed by atoms with Gasteiger partial charge in [0.05, 0.1) is 17.5 Å². The molecule has 3 amide bonds. The molecule has 0 heterocycles. The molecule has 0 fully saturated rings. The Bertz CT molecular complexity index is 1080. The Labute approximate surface area is 171 Å². The number of hydrazone groups is 1. The van der Waals surface area contributed by atoms with Crippen LogP contribution < -0.4 is 16.1 Å². The summed E-state index contributed by atoms with van der Waals surface area (Å²) in [5.74, 6) is -2.85. The van der Waals surface area contributed by atoms with Crippen molar-refractivity contribution in [2.75, 3.05) is 10.6 Å². The highest BCUT2D eigenvalue weighted by Crippen LogP contribution is 2.17. The molecule has 7 nitrogen and oxygen atoms in total. The first kappa shape index (κ1) is 20.4. The van der Waals surface area contributed by atoms with Gasteiger partial charge in [-0.2, -0.15) is 5.10 Å². The maximum Gasteiger partial charge on any atom is 0.329 e. The maximum absolute atomic E-state index is 12.9. The van der Waals surface area contributed by atoms with Crippen molar-refractivity contribution < 1.29 is 18.8 Å². The third kappa shape index (κ3) is 5.59. The van der Waals surface area contributed by atoms with Crippen LogP contribution in [0.25, 0.3) is 0 Å². The third-order valence-electron chi connectivity index (χ3n) is 3.91. The van der Waals surface area contributed by atoms with Crippen LogP contribution >= 0.6 is 0 Å². The lowest BCUT2D eigenvalue weighted by atomic mass is 10.1. The summed E-state index contributed by atoms with van der Waals surface area (Å²) in [4.78, 5) is 36.6. The van der Waals surface area contributed by atoms with Crippen LogP contribution in [0.3, 0.4) is 0 Å². The lowest BCUT2D eigenvalue weighted by Gasteiger charge is -2.11. The van der Waals surface area contributed by atoms with Gasteiger partial charge in [0, 0.05) is 5.69 Å². The Kier molecular flexibility index (Phi) is 6.63. The van der Waals surface area contributed by atoms with Crippen molar-refractivity contribution in [3.63, 3.8) is 0 Å². The van der Waals surface area contributed by atoms with E-state index in [0.717, 1.165) is 0 Å². The molecule has 0 atom stereocenters. The van der Waals surface area contributed by atoms with Gasteiger partial charge in [0.2, 0.25) is 0 Å². The van der Waals surface area contributed by atoms with Crippen molar-refractivity contribution in [2.45, 2.75) is 0 Å². The first-order valence-corrected chi connectivity index (χ1v) is 8.88. The Hall–Kier alpha value is -4.33. The van der Waals surface area contributed by atoms with E-state index >= 15 is 0 Å². The van der Waals surface area contributed by atoms with Gasteiger partial charge in [0.25, 0.3) is 5.91 Å². The van der Waals surface area contributed by atoms with Crippen LogP contribution in [0.15, 0.2) is 84.0 Å². The topological polar surface area (TPSA) is 99.7 Å². The molecule has 3 N–H and O–H groups in total. The molecule has 3 aromatic rings. The number of para-hydroxylation sites is 2. The number of benzene rings is 3. The van der Waals surface area contributed by atoms with Crippen LogP contribution in [0.5, 0.6) is 0 Å². The highest BCUT2D eigenvalue weighted by Gasteiger charge is 2.17. The molecule has 0 spiro atoms.